The van der Waals surface area contributed by atoms with Gasteiger partial charge in [-0.2, -0.15) is 8.42 Å². The summed E-state index contributed by atoms with van der Waals surface area (Å²) >= 11 is 0. The molecule has 1 aromatic carbocycles. The number of carbonyl (C=O) groups is 1. The third-order valence-corrected chi connectivity index (χ3v) is 4.03. The summed E-state index contributed by atoms with van der Waals surface area (Å²) in [5, 5.41) is 0. The second-order valence-electron chi connectivity index (χ2n) is 4.12. The molecule has 1 rings (SSSR count). The summed E-state index contributed by atoms with van der Waals surface area (Å²) in [5.74, 6) is -0.563. The van der Waals surface area contributed by atoms with Crippen LogP contribution in [-0.2, 0) is 23.8 Å². The van der Waals surface area contributed by atoms with Crippen LogP contribution in [0.5, 0.6) is 5.75 Å². The van der Waals surface area contributed by atoms with Gasteiger partial charge in [0.25, 0.3) is 0 Å². The number of benzene rings is 1. The highest BCUT2D eigenvalue weighted by atomic mass is 32.2. The maximum Gasteiger partial charge on any atom is 0.336 e. The van der Waals surface area contributed by atoms with Crippen molar-refractivity contribution in [2.24, 2.45) is 0 Å². The monoisotopic (exact) mass is 302 g/mol. The van der Waals surface area contributed by atoms with Crippen LogP contribution < -0.4 is 4.74 Å². The average molecular weight is 302 g/mol. The molecule has 0 fully saturated rings. The van der Waals surface area contributed by atoms with E-state index in [0.29, 0.717) is 0 Å². The van der Waals surface area contributed by atoms with Crippen LogP contribution in [0.1, 0.15) is 18.9 Å². The Morgan fingerprint density at radius 3 is 2.45 bits per heavy atom. The summed E-state index contributed by atoms with van der Waals surface area (Å²) in [5.41, 5.74) is 0.848. The van der Waals surface area contributed by atoms with Crippen LogP contribution in [0.25, 0.3) is 0 Å². The van der Waals surface area contributed by atoms with Crippen molar-refractivity contribution in [3.8, 4) is 5.75 Å². The van der Waals surface area contributed by atoms with Crippen molar-refractivity contribution < 1.29 is 26.9 Å². The fourth-order valence-corrected chi connectivity index (χ4v) is 2.84. The van der Waals surface area contributed by atoms with Gasteiger partial charge < -0.3 is 9.47 Å². The Hall–Kier alpha value is -1.60. The lowest BCUT2D eigenvalue weighted by atomic mass is 10.2. The molecule has 6 nitrogen and oxygen atoms in total. The number of hydrogen-bond donors (Lipinski definition) is 0. The maximum absolute atomic E-state index is 12.2. The van der Waals surface area contributed by atoms with Gasteiger partial charge in [-0.25, -0.2) is 4.79 Å². The van der Waals surface area contributed by atoms with Gasteiger partial charge in [0.05, 0.1) is 14.2 Å². The zero-order valence-electron chi connectivity index (χ0n) is 11.9. The summed E-state index contributed by atoms with van der Waals surface area (Å²) in [6.45, 7) is 3.44. The minimum Gasteiger partial charge on any atom is -0.495 e. The van der Waals surface area contributed by atoms with E-state index in [1.54, 1.807) is 19.1 Å². The van der Waals surface area contributed by atoms with Crippen LogP contribution in [0.15, 0.2) is 23.1 Å². The van der Waals surface area contributed by atoms with Crippen molar-refractivity contribution in [3.05, 3.63) is 23.8 Å². The highest BCUT2D eigenvalue weighted by Gasteiger charge is 2.29. The minimum absolute atomic E-state index is 0.118. The zero-order chi connectivity index (χ0) is 15.3. The molecule has 0 radical (unpaired) electrons. The van der Waals surface area contributed by atoms with Gasteiger partial charge in [-0.05, 0) is 31.0 Å². The molecular formula is C13H18O6S. The van der Waals surface area contributed by atoms with Crippen LogP contribution in [0, 0.1) is 6.92 Å². The largest absolute Gasteiger partial charge is 0.495 e. The lowest BCUT2D eigenvalue weighted by Gasteiger charge is -2.15. The van der Waals surface area contributed by atoms with Crippen molar-refractivity contribution in [1.29, 1.82) is 0 Å². The molecular weight excluding hydrogens is 284 g/mol. The summed E-state index contributed by atoms with van der Waals surface area (Å²) in [6, 6.07) is 4.58. The maximum atomic E-state index is 12.2. The first-order valence-electron chi connectivity index (χ1n) is 6.01. The number of carbonyl (C=O) groups excluding carboxylic acids is 1. The topological polar surface area (TPSA) is 78.9 Å². The van der Waals surface area contributed by atoms with Crippen molar-refractivity contribution in [3.63, 3.8) is 0 Å². The summed E-state index contributed by atoms with van der Waals surface area (Å²) in [7, 11) is -1.57. The Morgan fingerprint density at radius 2 is 1.95 bits per heavy atom. The minimum atomic E-state index is -4.11. The van der Waals surface area contributed by atoms with Crippen molar-refractivity contribution in [2.75, 3.05) is 14.2 Å². The van der Waals surface area contributed by atoms with E-state index in [2.05, 4.69) is 4.74 Å². The predicted octanol–water partition coefficient (Wildman–Crippen LogP) is 1.66. The van der Waals surface area contributed by atoms with Crippen molar-refractivity contribution in [2.45, 2.75) is 31.3 Å². The van der Waals surface area contributed by atoms with Gasteiger partial charge in [0, 0.05) is 0 Å². The molecule has 0 saturated heterocycles. The Labute approximate surface area is 118 Å². The Bertz CT molecular complexity index is 579. The summed E-state index contributed by atoms with van der Waals surface area (Å²) in [6.07, 6.45) is -0.990. The Morgan fingerprint density at radius 1 is 1.30 bits per heavy atom. The molecule has 112 valence electrons. The number of methoxy groups -OCH3 is 2. The molecule has 20 heavy (non-hydrogen) atoms. The van der Waals surface area contributed by atoms with Gasteiger partial charge in [-0.15, -0.1) is 0 Å². The number of rotatable bonds is 6. The van der Waals surface area contributed by atoms with Crippen LogP contribution in [0.2, 0.25) is 0 Å². The molecule has 0 aromatic heterocycles. The van der Waals surface area contributed by atoms with E-state index in [1.807, 2.05) is 6.92 Å². The van der Waals surface area contributed by atoms with E-state index in [0.717, 1.165) is 5.56 Å². The first kappa shape index (κ1) is 16.5. The van der Waals surface area contributed by atoms with Crippen molar-refractivity contribution >= 4 is 16.1 Å². The van der Waals surface area contributed by atoms with Gasteiger partial charge in [-0.1, -0.05) is 13.0 Å². The number of hydrogen-bond acceptors (Lipinski definition) is 6. The average Bonchev–Trinajstić information content (AvgIpc) is 2.43. The smallest absolute Gasteiger partial charge is 0.336 e. The van der Waals surface area contributed by atoms with Gasteiger partial charge in [-0.3, -0.25) is 4.18 Å². The molecule has 0 aliphatic heterocycles. The molecule has 0 aliphatic rings. The van der Waals surface area contributed by atoms with Crippen LogP contribution in [0.4, 0.5) is 0 Å². The normalized spacial score (nSPS) is 12.8. The van der Waals surface area contributed by atoms with Gasteiger partial charge in [0.15, 0.2) is 6.10 Å². The predicted molar refractivity (Wildman–Crippen MR) is 72.1 cm³/mol. The number of esters is 1. The second-order valence-corrected chi connectivity index (χ2v) is 5.67. The fourth-order valence-electron chi connectivity index (χ4n) is 1.59. The number of aryl methyl sites for hydroxylation is 1. The van der Waals surface area contributed by atoms with Gasteiger partial charge >= 0.3 is 16.1 Å². The summed E-state index contributed by atoms with van der Waals surface area (Å²) < 4.78 is 38.9. The molecule has 1 atom stereocenters. The first-order chi connectivity index (χ1) is 9.35. The zero-order valence-corrected chi connectivity index (χ0v) is 12.7. The molecule has 0 bridgehead atoms. The third kappa shape index (κ3) is 3.71. The molecule has 0 heterocycles. The van der Waals surface area contributed by atoms with E-state index in [9.17, 15) is 13.2 Å². The molecule has 7 heteroatoms. The lowest BCUT2D eigenvalue weighted by Crippen LogP contribution is -2.28. The first-order valence-corrected chi connectivity index (χ1v) is 7.42. The second kappa shape index (κ2) is 6.71. The standard InChI is InChI=1S/C13H18O6S/c1-5-10(13(14)18-4)19-20(15,16)12-7-6-9(2)8-11(12)17-3/h6-8,10H,5H2,1-4H3. The molecule has 1 unspecified atom stereocenters. The number of ether oxygens (including phenoxy) is 2. The third-order valence-electron chi connectivity index (χ3n) is 2.67. The molecule has 0 saturated carbocycles. The van der Waals surface area contributed by atoms with Crippen LogP contribution in [0.3, 0.4) is 0 Å². The quantitative estimate of drug-likeness (QED) is 0.587. The molecule has 0 aliphatic carbocycles. The van der Waals surface area contributed by atoms with E-state index < -0.39 is 22.2 Å². The SMILES string of the molecule is CCC(OS(=O)(=O)c1ccc(C)cc1OC)C(=O)OC. The van der Waals surface area contributed by atoms with Crippen molar-refractivity contribution in [1.82, 2.24) is 0 Å². The van der Waals surface area contributed by atoms with Gasteiger partial charge in [0.2, 0.25) is 0 Å². The van der Waals surface area contributed by atoms with E-state index >= 15 is 0 Å². The Kier molecular flexibility index (Phi) is 5.52. The lowest BCUT2D eigenvalue weighted by molar-refractivity contribution is -0.148. The van der Waals surface area contributed by atoms with E-state index in [1.165, 1.54) is 20.3 Å². The van der Waals surface area contributed by atoms with E-state index in [-0.39, 0.29) is 17.1 Å². The molecule has 1 aromatic rings. The Balaban J connectivity index is 3.14. The highest BCUT2D eigenvalue weighted by Crippen LogP contribution is 2.27. The highest BCUT2D eigenvalue weighted by molar-refractivity contribution is 7.87. The van der Waals surface area contributed by atoms with Gasteiger partial charge in [0.1, 0.15) is 10.6 Å². The van der Waals surface area contributed by atoms with Crippen LogP contribution in [-0.4, -0.2) is 34.7 Å². The molecule has 0 N–H and O–H groups in total. The summed E-state index contributed by atoms with van der Waals surface area (Å²) in [4.78, 5) is 11.3. The molecule has 0 spiro atoms. The van der Waals surface area contributed by atoms with Crippen LogP contribution >= 0.6 is 0 Å². The van der Waals surface area contributed by atoms with E-state index in [4.69, 9.17) is 8.92 Å². The molecule has 0 amide bonds. The fraction of sp³-hybridized carbons (Fsp3) is 0.462.